The highest BCUT2D eigenvalue weighted by Gasteiger charge is 2.21. The molecule has 1 fully saturated rings. The van der Waals surface area contributed by atoms with Gasteiger partial charge >= 0.3 is 0 Å². The van der Waals surface area contributed by atoms with Crippen molar-refractivity contribution in [1.29, 1.82) is 0 Å². The van der Waals surface area contributed by atoms with Crippen molar-refractivity contribution >= 4 is 34.5 Å². The summed E-state index contributed by atoms with van der Waals surface area (Å²) in [6.45, 7) is 4.55. The van der Waals surface area contributed by atoms with Gasteiger partial charge in [0.2, 0.25) is 5.91 Å². The standard InChI is InChI=1S/C23H26N4O2S2/c28-21(7-4-9-24-22(29)19-8-14-30-16-19)27-12-10-26(11-13-27)15-20-17-31-23(25-20)18-5-2-1-3-6-18/h1-3,5-6,8,14,16-17H,4,7,9-13,15H2,(H,24,29). The fourth-order valence-electron chi connectivity index (χ4n) is 3.57. The highest BCUT2D eigenvalue weighted by atomic mass is 32.1. The Hall–Kier alpha value is -2.55. The molecule has 0 atom stereocenters. The van der Waals surface area contributed by atoms with E-state index < -0.39 is 0 Å². The molecule has 1 N–H and O–H groups in total. The monoisotopic (exact) mass is 454 g/mol. The molecule has 1 saturated heterocycles. The van der Waals surface area contributed by atoms with Gasteiger partial charge in [0.1, 0.15) is 5.01 Å². The molecule has 6 nitrogen and oxygen atoms in total. The summed E-state index contributed by atoms with van der Waals surface area (Å²) < 4.78 is 0. The number of aromatic nitrogens is 1. The van der Waals surface area contributed by atoms with E-state index in [0.29, 0.717) is 24.9 Å². The lowest BCUT2D eigenvalue weighted by Crippen LogP contribution is -2.48. The number of rotatable bonds is 8. The molecule has 0 bridgehead atoms. The molecule has 1 aliphatic rings. The number of amides is 2. The van der Waals surface area contributed by atoms with Crippen molar-refractivity contribution in [2.24, 2.45) is 0 Å². The van der Waals surface area contributed by atoms with E-state index in [1.165, 1.54) is 11.3 Å². The average Bonchev–Trinajstić information content (AvgIpc) is 3.50. The number of hydrogen-bond acceptors (Lipinski definition) is 6. The molecule has 1 aliphatic heterocycles. The molecule has 0 unspecified atom stereocenters. The van der Waals surface area contributed by atoms with Gasteiger partial charge in [-0.05, 0) is 17.9 Å². The van der Waals surface area contributed by atoms with Gasteiger partial charge in [-0.25, -0.2) is 4.98 Å². The van der Waals surface area contributed by atoms with Crippen molar-refractivity contribution in [1.82, 2.24) is 20.1 Å². The van der Waals surface area contributed by atoms with Crippen molar-refractivity contribution in [3.05, 3.63) is 63.8 Å². The number of hydrogen-bond donors (Lipinski definition) is 1. The molecule has 0 radical (unpaired) electrons. The first-order valence-corrected chi connectivity index (χ1v) is 12.3. The third-order valence-corrected chi connectivity index (χ3v) is 6.94. The van der Waals surface area contributed by atoms with E-state index in [-0.39, 0.29) is 11.8 Å². The Balaban J connectivity index is 1.15. The summed E-state index contributed by atoms with van der Waals surface area (Å²) in [5.41, 5.74) is 2.93. The Kier molecular flexibility index (Phi) is 7.45. The predicted octanol–water partition coefficient (Wildman–Crippen LogP) is 3.73. The van der Waals surface area contributed by atoms with Crippen LogP contribution in [-0.4, -0.2) is 59.3 Å². The fraction of sp³-hybridized carbons (Fsp3) is 0.348. The van der Waals surface area contributed by atoms with Crippen LogP contribution in [0.15, 0.2) is 52.5 Å². The molecule has 0 saturated carbocycles. The largest absolute Gasteiger partial charge is 0.352 e. The van der Waals surface area contributed by atoms with Crippen LogP contribution in [0.4, 0.5) is 0 Å². The molecule has 4 rings (SSSR count). The SMILES string of the molecule is O=C(NCCCC(=O)N1CCN(Cc2csc(-c3ccccc3)n2)CC1)c1ccsc1. The van der Waals surface area contributed by atoms with Crippen LogP contribution in [0, 0.1) is 0 Å². The minimum atomic E-state index is -0.0697. The molecule has 3 heterocycles. The molecular weight excluding hydrogens is 428 g/mol. The smallest absolute Gasteiger partial charge is 0.252 e. The number of benzene rings is 1. The lowest BCUT2D eigenvalue weighted by molar-refractivity contribution is -0.133. The van der Waals surface area contributed by atoms with E-state index in [0.717, 1.165) is 49.0 Å². The molecule has 8 heteroatoms. The molecule has 1 aromatic carbocycles. The second-order valence-corrected chi connectivity index (χ2v) is 9.18. The van der Waals surface area contributed by atoms with Crippen LogP contribution >= 0.6 is 22.7 Å². The number of piperazine rings is 1. The van der Waals surface area contributed by atoms with Crippen LogP contribution < -0.4 is 5.32 Å². The van der Waals surface area contributed by atoms with Gasteiger partial charge in [0.25, 0.3) is 5.91 Å². The van der Waals surface area contributed by atoms with Gasteiger partial charge in [-0.15, -0.1) is 11.3 Å². The van der Waals surface area contributed by atoms with Crippen LogP contribution in [0.1, 0.15) is 28.9 Å². The maximum atomic E-state index is 12.5. The van der Waals surface area contributed by atoms with Crippen LogP contribution in [0.5, 0.6) is 0 Å². The number of carbonyl (C=O) groups excluding carboxylic acids is 2. The third-order valence-electron chi connectivity index (χ3n) is 5.32. The number of nitrogens with zero attached hydrogens (tertiary/aromatic N) is 3. The second kappa shape index (κ2) is 10.7. The zero-order chi connectivity index (χ0) is 21.5. The van der Waals surface area contributed by atoms with Crippen molar-refractivity contribution in [2.45, 2.75) is 19.4 Å². The Morgan fingerprint density at radius 1 is 1.03 bits per heavy atom. The second-order valence-electron chi connectivity index (χ2n) is 7.54. The van der Waals surface area contributed by atoms with Crippen LogP contribution in [0.2, 0.25) is 0 Å². The first kappa shape index (κ1) is 21.7. The van der Waals surface area contributed by atoms with Gasteiger partial charge in [0, 0.05) is 67.6 Å². The lowest BCUT2D eigenvalue weighted by atomic mass is 10.2. The summed E-state index contributed by atoms with van der Waals surface area (Å²) in [5.74, 6) is 0.101. The zero-order valence-corrected chi connectivity index (χ0v) is 19.0. The minimum absolute atomic E-state index is 0.0697. The Bertz CT molecular complexity index is 980. The minimum Gasteiger partial charge on any atom is -0.352 e. The molecule has 2 aromatic heterocycles. The number of carbonyl (C=O) groups is 2. The summed E-state index contributed by atoms with van der Waals surface area (Å²) in [6.07, 6.45) is 1.13. The normalized spacial score (nSPS) is 14.5. The van der Waals surface area contributed by atoms with Gasteiger partial charge in [-0.1, -0.05) is 30.3 Å². The van der Waals surface area contributed by atoms with Crippen molar-refractivity contribution in [3.63, 3.8) is 0 Å². The van der Waals surface area contributed by atoms with E-state index in [1.54, 1.807) is 17.4 Å². The van der Waals surface area contributed by atoms with Gasteiger partial charge in [0.15, 0.2) is 0 Å². The van der Waals surface area contributed by atoms with Crippen LogP contribution in [0.25, 0.3) is 10.6 Å². The molecule has 162 valence electrons. The number of thiophene rings is 1. The quantitative estimate of drug-likeness (QED) is 0.527. The van der Waals surface area contributed by atoms with Gasteiger partial charge in [-0.2, -0.15) is 11.3 Å². The van der Waals surface area contributed by atoms with E-state index in [9.17, 15) is 9.59 Å². The maximum Gasteiger partial charge on any atom is 0.252 e. The highest BCUT2D eigenvalue weighted by molar-refractivity contribution is 7.13. The highest BCUT2D eigenvalue weighted by Crippen LogP contribution is 2.24. The predicted molar refractivity (Wildman–Crippen MR) is 125 cm³/mol. The maximum absolute atomic E-state index is 12.5. The first-order valence-electron chi connectivity index (χ1n) is 10.5. The van der Waals surface area contributed by atoms with E-state index in [4.69, 9.17) is 4.98 Å². The van der Waals surface area contributed by atoms with E-state index in [2.05, 4.69) is 27.7 Å². The van der Waals surface area contributed by atoms with Gasteiger partial charge < -0.3 is 10.2 Å². The third kappa shape index (κ3) is 6.00. The van der Waals surface area contributed by atoms with Gasteiger partial charge in [-0.3, -0.25) is 14.5 Å². The molecular formula is C23H26N4O2S2. The number of nitrogens with one attached hydrogen (secondary N) is 1. The summed E-state index contributed by atoms with van der Waals surface area (Å²) >= 11 is 3.18. The summed E-state index contributed by atoms with van der Waals surface area (Å²) in [5, 5.41) is 9.77. The van der Waals surface area contributed by atoms with Crippen molar-refractivity contribution in [3.8, 4) is 10.6 Å². The summed E-state index contributed by atoms with van der Waals surface area (Å²) in [7, 11) is 0. The molecule has 0 spiro atoms. The molecule has 31 heavy (non-hydrogen) atoms. The van der Waals surface area contributed by atoms with Crippen molar-refractivity contribution in [2.75, 3.05) is 32.7 Å². The lowest BCUT2D eigenvalue weighted by Gasteiger charge is -2.34. The molecule has 2 amide bonds. The first-order chi connectivity index (χ1) is 15.2. The van der Waals surface area contributed by atoms with Gasteiger partial charge in [0.05, 0.1) is 5.69 Å². The van der Waals surface area contributed by atoms with Crippen LogP contribution in [-0.2, 0) is 11.3 Å². The molecule has 3 aromatic rings. The Morgan fingerprint density at radius 3 is 2.58 bits per heavy atom. The van der Waals surface area contributed by atoms with Crippen molar-refractivity contribution < 1.29 is 9.59 Å². The van der Waals surface area contributed by atoms with Crippen LogP contribution in [0.3, 0.4) is 0 Å². The Morgan fingerprint density at radius 2 is 1.84 bits per heavy atom. The summed E-state index contributed by atoms with van der Waals surface area (Å²) in [4.78, 5) is 33.5. The fourth-order valence-corrected chi connectivity index (χ4v) is 5.03. The topological polar surface area (TPSA) is 65.5 Å². The summed E-state index contributed by atoms with van der Waals surface area (Å²) in [6, 6.07) is 12.0. The average molecular weight is 455 g/mol. The zero-order valence-electron chi connectivity index (χ0n) is 17.3. The molecule has 0 aliphatic carbocycles. The van der Waals surface area contributed by atoms with E-state index in [1.807, 2.05) is 33.9 Å². The van der Waals surface area contributed by atoms with E-state index >= 15 is 0 Å². The number of thiazole rings is 1. The Labute approximate surface area is 190 Å².